The minimum absolute atomic E-state index is 0.00778. The van der Waals surface area contributed by atoms with Crippen molar-refractivity contribution < 1.29 is 23.1 Å². The van der Waals surface area contributed by atoms with Crippen molar-refractivity contribution in [3.63, 3.8) is 0 Å². The summed E-state index contributed by atoms with van der Waals surface area (Å²) in [6.07, 6.45) is 4.16. The van der Waals surface area contributed by atoms with Crippen LogP contribution in [0.1, 0.15) is 53.6 Å². The van der Waals surface area contributed by atoms with Crippen molar-refractivity contribution in [2.24, 2.45) is 0 Å². The molecule has 1 aromatic heterocycles. The zero-order chi connectivity index (χ0) is 33.1. The average Bonchev–Trinajstić information content (AvgIpc) is 3.10. The van der Waals surface area contributed by atoms with E-state index in [1.54, 1.807) is 23.2 Å². The maximum Gasteiger partial charge on any atom is 0.259 e. The Labute approximate surface area is 273 Å². The van der Waals surface area contributed by atoms with Gasteiger partial charge in [0, 0.05) is 75.8 Å². The standard InChI is InChI=1S/C37H40F2N4O4/c1-3-40-24-31(37(46)43-13-7-10-26(23-43)27-18-28(38)20-29(19-27)47-2)36(45)30-21-32(39)34(22-33(30)40)41-14-16-42(17-15-41)35(44)12-11-25-8-5-4-6-9-25/h4-6,8-9,18-22,24,26H,3,7,10-17,23H2,1-2H3. The third-order valence-electron chi connectivity index (χ3n) is 9.47. The van der Waals surface area contributed by atoms with Crippen LogP contribution in [0.5, 0.6) is 5.75 Å². The lowest BCUT2D eigenvalue weighted by Crippen LogP contribution is -2.49. The smallest absolute Gasteiger partial charge is 0.259 e. The molecule has 0 radical (unpaired) electrons. The molecule has 4 aromatic rings. The third-order valence-corrected chi connectivity index (χ3v) is 9.47. The van der Waals surface area contributed by atoms with E-state index in [1.165, 1.54) is 25.3 Å². The Morgan fingerprint density at radius 1 is 0.936 bits per heavy atom. The quantitative estimate of drug-likeness (QED) is 0.250. The molecule has 6 rings (SSSR count). The molecule has 246 valence electrons. The van der Waals surface area contributed by atoms with Gasteiger partial charge in [0.1, 0.15) is 22.9 Å². The number of carbonyl (C=O) groups is 2. The number of amides is 2. The van der Waals surface area contributed by atoms with Crippen LogP contribution in [0.25, 0.3) is 10.9 Å². The highest BCUT2D eigenvalue weighted by atomic mass is 19.1. The third kappa shape index (κ3) is 6.87. The van der Waals surface area contributed by atoms with Crippen molar-refractivity contribution in [1.29, 1.82) is 0 Å². The number of hydrogen-bond acceptors (Lipinski definition) is 5. The zero-order valence-corrected chi connectivity index (χ0v) is 26.9. The van der Waals surface area contributed by atoms with Gasteiger partial charge in [0.15, 0.2) is 0 Å². The molecule has 2 amide bonds. The van der Waals surface area contributed by atoms with Crippen LogP contribution in [-0.4, -0.2) is 72.6 Å². The number of methoxy groups -OCH3 is 1. The topological polar surface area (TPSA) is 75.1 Å². The normalized spacial score (nSPS) is 16.9. The first-order chi connectivity index (χ1) is 22.7. The highest BCUT2D eigenvalue weighted by Crippen LogP contribution is 2.31. The Kier molecular flexibility index (Phi) is 9.56. The van der Waals surface area contributed by atoms with E-state index in [4.69, 9.17) is 4.74 Å². The van der Waals surface area contributed by atoms with E-state index < -0.39 is 23.0 Å². The number of aromatic nitrogens is 1. The van der Waals surface area contributed by atoms with E-state index in [1.807, 2.05) is 51.6 Å². The minimum atomic E-state index is -0.538. The van der Waals surface area contributed by atoms with Gasteiger partial charge in [-0.2, -0.15) is 0 Å². The Morgan fingerprint density at radius 2 is 1.70 bits per heavy atom. The summed E-state index contributed by atoms with van der Waals surface area (Å²) >= 11 is 0. The van der Waals surface area contributed by atoms with Crippen LogP contribution in [0.2, 0.25) is 0 Å². The molecule has 1 unspecified atom stereocenters. The van der Waals surface area contributed by atoms with Crippen molar-refractivity contribution >= 4 is 28.4 Å². The summed E-state index contributed by atoms with van der Waals surface area (Å²) in [4.78, 5) is 45.8. The number of piperidine rings is 1. The second-order valence-electron chi connectivity index (χ2n) is 12.3. The van der Waals surface area contributed by atoms with Crippen molar-refractivity contribution in [3.05, 3.63) is 105 Å². The molecule has 0 bridgehead atoms. The molecule has 0 spiro atoms. The number of aryl methyl sites for hydroxylation is 2. The number of fused-ring (bicyclic) bond motifs is 1. The highest BCUT2D eigenvalue weighted by Gasteiger charge is 2.29. The van der Waals surface area contributed by atoms with Crippen LogP contribution in [0.3, 0.4) is 0 Å². The van der Waals surface area contributed by atoms with Crippen molar-refractivity contribution in [3.8, 4) is 5.75 Å². The van der Waals surface area contributed by atoms with Crippen LogP contribution in [0.4, 0.5) is 14.5 Å². The van der Waals surface area contributed by atoms with Gasteiger partial charge in [0.2, 0.25) is 11.3 Å². The van der Waals surface area contributed by atoms with Crippen LogP contribution in [0, 0.1) is 11.6 Å². The number of nitrogens with zero attached hydrogens (tertiary/aromatic N) is 4. The Balaban J connectivity index is 1.19. The molecular formula is C37H40F2N4O4. The van der Waals surface area contributed by atoms with E-state index in [-0.39, 0.29) is 22.8 Å². The average molecular weight is 643 g/mol. The second-order valence-corrected chi connectivity index (χ2v) is 12.3. The van der Waals surface area contributed by atoms with Gasteiger partial charge in [0.25, 0.3) is 5.91 Å². The lowest BCUT2D eigenvalue weighted by molar-refractivity contribution is -0.131. The predicted octanol–water partition coefficient (Wildman–Crippen LogP) is 5.61. The molecule has 47 heavy (non-hydrogen) atoms. The molecule has 0 saturated carbocycles. The van der Waals surface area contributed by atoms with E-state index in [9.17, 15) is 18.8 Å². The van der Waals surface area contributed by atoms with Gasteiger partial charge >= 0.3 is 0 Å². The Morgan fingerprint density at radius 3 is 2.43 bits per heavy atom. The van der Waals surface area contributed by atoms with Gasteiger partial charge in [-0.15, -0.1) is 0 Å². The van der Waals surface area contributed by atoms with Gasteiger partial charge in [-0.05, 0) is 61.6 Å². The molecule has 3 aromatic carbocycles. The van der Waals surface area contributed by atoms with Gasteiger partial charge in [-0.25, -0.2) is 8.78 Å². The first-order valence-corrected chi connectivity index (χ1v) is 16.3. The summed E-state index contributed by atoms with van der Waals surface area (Å²) in [6.45, 7) is 5.10. The zero-order valence-electron chi connectivity index (χ0n) is 26.9. The van der Waals surface area contributed by atoms with Gasteiger partial charge in [0.05, 0.1) is 18.3 Å². The molecule has 0 N–H and O–H groups in total. The number of halogens is 2. The minimum Gasteiger partial charge on any atom is -0.497 e. The van der Waals surface area contributed by atoms with Crippen molar-refractivity contribution in [2.45, 2.75) is 45.1 Å². The molecule has 10 heteroatoms. The Bertz CT molecular complexity index is 1840. The number of benzene rings is 3. The van der Waals surface area contributed by atoms with Gasteiger partial charge in [-0.3, -0.25) is 14.4 Å². The first kappa shape index (κ1) is 32.2. The van der Waals surface area contributed by atoms with Gasteiger partial charge < -0.3 is 24.0 Å². The number of anilines is 1. The highest BCUT2D eigenvalue weighted by molar-refractivity contribution is 5.98. The fraction of sp³-hybridized carbons (Fsp3) is 0.378. The van der Waals surface area contributed by atoms with E-state index >= 15 is 4.39 Å². The summed E-state index contributed by atoms with van der Waals surface area (Å²) < 4.78 is 37.0. The molecule has 2 aliphatic rings. The second kappa shape index (κ2) is 13.9. The number of rotatable bonds is 8. The van der Waals surface area contributed by atoms with Gasteiger partial charge in [-0.1, -0.05) is 30.3 Å². The summed E-state index contributed by atoms with van der Waals surface area (Å²) in [7, 11) is 1.48. The summed E-state index contributed by atoms with van der Waals surface area (Å²) in [6, 6.07) is 17.4. The lowest BCUT2D eigenvalue weighted by atomic mass is 9.90. The number of ether oxygens (including phenoxy) is 1. The molecule has 2 aliphatic heterocycles. The van der Waals surface area contributed by atoms with Crippen molar-refractivity contribution in [1.82, 2.24) is 14.4 Å². The molecule has 1 atom stereocenters. The number of pyridine rings is 1. The van der Waals surface area contributed by atoms with Crippen LogP contribution >= 0.6 is 0 Å². The SMILES string of the molecule is CCn1cc(C(=O)N2CCCC(c3cc(F)cc(OC)c3)C2)c(=O)c2cc(F)c(N3CCN(C(=O)CCc4ccccc4)CC3)cc21. The molecule has 2 fully saturated rings. The summed E-state index contributed by atoms with van der Waals surface area (Å²) in [5.41, 5.74) is 2.27. The largest absolute Gasteiger partial charge is 0.497 e. The molecule has 8 nitrogen and oxygen atoms in total. The monoisotopic (exact) mass is 642 g/mol. The molecule has 2 saturated heterocycles. The summed E-state index contributed by atoms with van der Waals surface area (Å²) in [5, 5.41) is 0.150. The number of hydrogen-bond donors (Lipinski definition) is 0. The summed E-state index contributed by atoms with van der Waals surface area (Å²) in [5.74, 6) is -0.961. The molecule has 0 aliphatic carbocycles. The fourth-order valence-electron chi connectivity index (χ4n) is 6.85. The maximum atomic E-state index is 15.7. The van der Waals surface area contributed by atoms with E-state index in [0.717, 1.165) is 17.5 Å². The van der Waals surface area contributed by atoms with Crippen LogP contribution in [0.15, 0.2) is 71.7 Å². The van der Waals surface area contributed by atoms with Crippen LogP contribution in [-0.2, 0) is 17.8 Å². The lowest BCUT2D eigenvalue weighted by Gasteiger charge is -2.36. The number of piperazine rings is 1. The van der Waals surface area contributed by atoms with E-state index in [2.05, 4.69) is 0 Å². The number of likely N-dealkylation sites (tertiary alicyclic amines) is 1. The van der Waals surface area contributed by atoms with Crippen molar-refractivity contribution in [2.75, 3.05) is 51.3 Å². The molecular weight excluding hydrogens is 602 g/mol. The Hall–Kier alpha value is -4.73. The van der Waals surface area contributed by atoms with E-state index in [0.29, 0.717) is 82.0 Å². The first-order valence-electron chi connectivity index (χ1n) is 16.3. The number of carbonyl (C=O) groups excluding carboxylic acids is 2. The fourth-order valence-corrected chi connectivity index (χ4v) is 6.85. The maximum absolute atomic E-state index is 15.7. The molecule has 3 heterocycles. The van der Waals surface area contributed by atoms with Crippen LogP contribution < -0.4 is 15.1 Å². The predicted molar refractivity (Wildman–Crippen MR) is 178 cm³/mol.